The third kappa shape index (κ3) is 5.64. The van der Waals surface area contributed by atoms with Gasteiger partial charge >= 0.3 is 16.4 Å². The lowest BCUT2D eigenvalue weighted by Gasteiger charge is -2.37. The van der Waals surface area contributed by atoms with Gasteiger partial charge < -0.3 is 9.80 Å². The molecule has 11 heteroatoms. The maximum atomic E-state index is 13.1. The molecule has 0 bridgehead atoms. The number of aryl methyl sites for hydroxylation is 2. The Morgan fingerprint density at radius 3 is 2.24 bits per heavy atom. The average molecular weight is 499 g/mol. The maximum absolute atomic E-state index is 13.1. The largest absolute Gasteiger partial charge is 0.416 e. The number of carbonyl (C=O) groups excluding carboxylic acids is 1. The molecular formula is C23H29F3N4O3S. The molecular weight excluding hydrogens is 469 g/mol. The highest BCUT2D eigenvalue weighted by atomic mass is 32.2. The van der Waals surface area contributed by atoms with Crippen LogP contribution in [0.4, 0.5) is 24.5 Å². The Hall–Kier alpha value is -2.79. The molecule has 1 saturated heterocycles. The monoisotopic (exact) mass is 498 g/mol. The molecule has 186 valence electrons. The van der Waals surface area contributed by atoms with Gasteiger partial charge in [0.1, 0.15) is 6.54 Å². The zero-order valence-electron chi connectivity index (χ0n) is 19.6. The fraction of sp³-hybridized carbons (Fsp3) is 0.435. The van der Waals surface area contributed by atoms with Crippen molar-refractivity contribution in [2.24, 2.45) is 0 Å². The summed E-state index contributed by atoms with van der Waals surface area (Å²) in [7, 11) is -1.12. The predicted molar refractivity (Wildman–Crippen MR) is 126 cm³/mol. The van der Waals surface area contributed by atoms with Crippen LogP contribution in [-0.4, -0.2) is 70.3 Å². The second kappa shape index (κ2) is 9.83. The first kappa shape index (κ1) is 25.8. The molecule has 3 rings (SSSR count). The van der Waals surface area contributed by atoms with E-state index in [2.05, 4.69) is 0 Å². The fourth-order valence-corrected chi connectivity index (χ4v) is 4.91. The lowest BCUT2D eigenvalue weighted by molar-refractivity contribution is -0.137. The Kier molecular flexibility index (Phi) is 7.47. The Morgan fingerprint density at radius 2 is 1.65 bits per heavy atom. The summed E-state index contributed by atoms with van der Waals surface area (Å²) in [4.78, 5) is 16.4. The number of rotatable bonds is 6. The molecule has 0 N–H and O–H groups in total. The van der Waals surface area contributed by atoms with Crippen LogP contribution in [0.3, 0.4) is 0 Å². The highest BCUT2D eigenvalue weighted by Crippen LogP contribution is 2.32. The minimum atomic E-state index is -4.43. The van der Waals surface area contributed by atoms with Gasteiger partial charge in [-0.3, -0.25) is 4.79 Å². The summed E-state index contributed by atoms with van der Waals surface area (Å²) >= 11 is 0. The molecule has 0 radical (unpaired) electrons. The zero-order valence-corrected chi connectivity index (χ0v) is 20.4. The van der Waals surface area contributed by atoms with Crippen molar-refractivity contribution in [1.29, 1.82) is 0 Å². The lowest BCUT2D eigenvalue weighted by Crippen LogP contribution is -2.53. The van der Waals surface area contributed by atoms with Gasteiger partial charge in [-0.2, -0.15) is 25.9 Å². The van der Waals surface area contributed by atoms with E-state index in [1.165, 1.54) is 20.2 Å². The highest BCUT2D eigenvalue weighted by Gasteiger charge is 2.33. The van der Waals surface area contributed by atoms with Crippen molar-refractivity contribution in [1.82, 2.24) is 9.21 Å². The number of halogens is 3. The van der Waals surface area contributed by atoms with Crippen LogP contribution in [0.2, 0.25) is 0 Å². The van der Waals surface area contributed by atoms with E-state index in [0.717, 1.165) is 31.9 Å². The van der Waals surface area contributed by atoms with Crippen molar-refractivity contribution in [2.75, 3.05) is 56.0 Å². The Bertz CT molecular complexity index is 1140. The Morgan fingerprint density at radius 1 is 1.00 bits per heavy atom. The molecule has 2 aromatic rings. The summed E-state index contributed by atoms with van der Waals surface area (Å²) < 4.78 is 67.4. The number of hydrogen-bond acceptors (Lipinski definition) is 4. The van der Waals surface area contributed by atoms with Gasteiger partial charge in [0.2, 0.25) is 5.91 Å². The van der Waals surface area contributed by atoms with Crippen LogP contribution in [-0.2, 0) is 21.2 Å². The molecule has 0 aromatic heterocycles. The quantitative estimate of drug-likeness (QED) is 0.613. The van der Waals surface area contributed by atoms with Crippen LogP contribution in [0.25, 0.3) is 0 Å². The van der Waals surface area contributed by atoms with Gasteiger partial charge in [-0.1, -0.05) is 18.2 Å². The molecule has 7 nitrogen and oxygen atoms in total. The van der Waals surface area contributed by atoms with Gasteiger partial charge in [0.05, 0.1) is 11.3 Å². The normalized spacial score (nSPS) is 15.1. The van der Waals surface area contributed by atoms with Crippen LogP contribution in [0.1, 0.15) is 16.7 Å². The number of anilines is 2. The van der Waals surface area contributed by atoms with Gasteiger partial charge in [0.15, 0.2) is 0 Å². The summed E-state index contributed by atoms with van der Waals surface area (Å²) in [6.45, 7) is 4.50. The summed E-state index contributed by atoms with van der Waals surface area (Å²) in [5.74, 6) is -0.366. The second-order valence-corrected chi connectivity index (χ2v) is 10.6. The van der Waals surface area contributed by atoms with Gasteiger partial charge in [-0.05, 0) is 49.2 Å². The summed E-state index contributed by atoms with van der Waals surface area (Å²) in [6.07, 6.45) is -4.43. The van der Waals surface area contributed by atoms with E-state index < -0.39 is 21.9 Å². The van der Waals surface area contributed by atoms with Crippen LogP contribution in [0.15, 0.2) is 42.5 Å². The van der Waals surface area contributed by atoms with E-state index in [-0.39, 0.29) is 25.5 Å². The van der Waals surface area contributed by atoms with Gasteiger partial charge in [0, 0.05) is 46.0 Å². The first-order valence-electron chi connectivity index (χ1n) is 10.8. The lowest BCUT2D eigenvalue weighted by atomic mass is 10.1. The van der Waals surface area contributed by atoms with Crippen LogP contribution >= 0.6 is 0 Å². The van der Waals surface area contributed by atoms with Crippen molar-refractivity contribution >= 4 is 27.5 Å². The number of piperazine rings is 1. The molecule has 1 aliphatic rings. The number of carbonyl (C=O) groups is 1. The molecule has 0 saturated carbocycles. The second-order valence-electron chi connectivity index (χ2n) is 8.50. The van der Waals surface area contributed by atoms with Crippen molar-refractivity contribution in [2.45, 2.75) is 20.0 Å². The van der Waals surface area contributed by atoms with E-state index in [4.69, 9.17) is 0 Å². The molecule has 0 aliphatic carbocycles. The van der Waals surface area contributed by atoms with Gasteiger partial charge in [-0.25, -0.2) is 4.31 Å². The van der Waals surface area contributed by atoms with E-state index in [0.29, 0.717) is 24.5 Å². The first-order valence-corrected chi connectivity index (χ1v) is 12.2. The van der Waals surface area contributed by atoms with E-state index in [1.807, 2.05) is 13.0 Å². The number of nitrogens with zero attached hydrogens (tertiary/aromatic N) is 4. The SMILES string of the molecule is Cc1ccc(C)c(N(CC(=O)N2CCN(c3cccc(C(F)(F)F)c3)CC2)S(=O)(=O)N(C)C)c1. The third-order valence-corrected chi connectivity index (χ3v) is 7.63. The summed E-state index contributed by atoms with van der Waals surface area (Å²) in [6, 6.07) is 10.5. The fourth-order valence-electron chi connectivity index (χ4n) is 3.79. The highest BCUT2D eigenvalue weighted by molar-refractivity contribution is 7.90. The Balaban J connectivity index is 1.75. The molecule has 1 aliphatic heterocycles. The Labute approximate surface area is 198 Å². The minimum Gasteiger partial charge on any atom is -0.368 e. The zero-order chi connectivity index (χ0) is 25.3. The molecule has 0 spiro atoms. The van der Waals surface area contributed by atoms with E-state index in [9.17, 15) is 26.4 Å². The summed E-state index contributed by atoms with van der Waals surface area (Å²) in [5, 5.41) is 0. The predicted octanol–water partition coefficient (Wildman–Crippen LogP) is 3.28. The average Bonchev–Trinajstić information content (AvgIpc) is 2.78. The number of amides is 1. The van der Waals surface area contributed by atoms with Crippen molar-refractivity contribution in [3.8, 4) is 0 Å². The van der Waals surface area contributed by atoms with Crippen LogP contribution in [0, 0.1) is 13.8 Å². The first-order chi connectivity index (χ1) is 15.8. The van der Waals surface area contributed by atoms with Crippen molar-refractivity contribution < 1.29 is 26.4 Å². The standard InChI is InChI=1S/C23H29F3N4O3S/c1-17-8-9-18(2)21(14-17)30(34(32,33)27(3)4)16-22(31)29-12-10-28(11-13-29)20-7-5-6-19(15-20)23(24,25)26/h5-9,14-15H,10-13,16H2,1-4H3. The van der Waals surface area contributed by atoms with E-state index >= 15 is 0 Å². The number of benzene rings is 2. The topological polar surface area (TPSA) is 64.2 Å². The third-order valence-electron chi connectivity index (χ3n) is 5.82. The molecule has 1 fully saturated rings. The van der Waals surface area contributed by atoms with E-state index in [1.54, 1.807) is 34.9 Å². The molecule has 1 amide bonds. The van der Waals surface area contributed by atoms with Gasteiger partial charge in [-0.15, -0.1) is 0 Å². The molecule has 0 atom stereocenters. The molecule has 34 heavy (non-hydrogen) atoms. The van der Waals surface area contributed by atoms with Gasteiger partial charge in [0.25, 0.3) is 0 Å². The maximum Gasteiger partial charge on any atom is 0.416 e. The van der Waals surface area contributed by atoms with Crippen LogP contribution in [0.5, 0.6) is 0 Å². The molecule has 1 heterocycles. The number of hydrogen-bond donors (Lipinski definition) is 0. The summed E-state index contributed by atoms with van der Waals surface area (Å²) in [5.41, 5.74) is 1.74. The molecule has 2 aromatic carbocycles. The van der Waals surface area contributed by atoms with Crippen LogP contribution < -0.4 is 9.21 Å². The minimum absolute atomic E-state index is 0.276. The smallest absolute Gasteiger partial charge is 0.368 e. The molecule has 0 unspecified atom stereocenters. The van der Waals surface area contributed by atoms with Crippen molar-refractivity contribution in [3.63, 3.8) is 0 Å². The number of alkyl halides is 3. The van der Waals surface area contributed by atoms with Crippen molar-refractivity contribution in [3.05, 3.63) is 59.2 Å².